The van der Waals surface area contributed by atoms with Crippen molar-refractivity contribution in [3.05, 3.63) is 17.8 Å². The third-order valence-corrected chi connectivity index (χ3v) is 7.09. The number of nitrogens with zero attached hydrogens (tertiary/aromatic N) is 6. The van der Waals surface area contributed by atoms with E-state index < -0.39 is 28.5 Å². The monoisotopic (exact) mass is 587 g/mol. The molecule has 0 bridgehead atoms. The van der Waals surface area contributed by atoms with Crippen LogP contribution < -0.4 is 15.2 Å². The van der Waals surface area contributed by atoms with Crippen LogP contribution in [0.4, 0.5) is 24.7 Å². The number of halogens is 4. The molecule has 37 heavy (non-hydrogen) atoms. The van der Waals surface area contributed by atoms with Gasteiger partial charge in [-0.3, -0.25) is 19.4 Å². The lowest BCUT2D eigenvalue weighted by Crippen LogP contribution is -2.63. The quantitative estimate of drug-likeness (QED) is 0.394. The summed E-state index contributed by atoms with van der Waals surface area (Å²) < 4.78 is 45.0. The number of aromatic nitrogens is 1. The van der Waals surface area contributed by atoms with Gasteiger partial charge in [-0.25, -0.2) is 10.4 Å². The highest BCUT2D eigenvalue weighted by Gasteiger charge is 2.43. The highest BCUT2D eigenvalue weighted by atomic mass is 79.9. The van der Waals surface area contributed by atoms with Gasteiger partial charge >= 0.3 is 6.18 Å². The van der Waals surface area contributed by atoms with Crippen LogP contribution in [-0.4, -0.2) is 96.3 Å². The number of pyridine rings is 1. The number of carbonyl (C=O) groups excluding carboxylic acids is 3. The molecule has 0 spiro atoms. The predicted octanol–water partition coefficient (Wildman–Crippen LogP) is 1.21. The molecule has 1 saturated heterocycles. The van der Waals surface area contributed by atoms with E-state index in [9.17, 15) is 27.6 Å². The summed E-state index contributed by atoms with van der Waals surface area (Å²) in [7, 11) is 1.41. The molecule has 0 aliphatic carbocycles. The SMILES string of the molecule is C[C@@H](COCCC(=O)N1CCN2c3ncc(C(F)(F)F)cc3N(C)C(=O)[C@@H]2C1)N=C1C=NNC(=O)C1Br. The summed E-state index contributed by atoms with van der Waals surface area (Å²) >= 11 is 3.24. The molecular formula is C22H25BrF3N7O4. The zero-order valence-electron chi connectivity index (χ0n) is 20.0. The van der Waals surface area contributed by atoms with Crippen LogP contribution in [-0.2, 0) is 25.3 Å². The Bertz CT molecular complexity index is 1150. The Morgan fingerprint density at radius 1 is 1.35 bits per heavy atom. The number of nitrogens with one attached hydrogen (secondary N) is 1. The fourth-order valence-corrected chi connectivity index (χ4v) is 4.60. The maximum absolute atomic E-state index is 13.1. The standard InChI is InChI=1S/C22H25BrF3N7O4/c1-12(29-14-9-28-30-20(35)18(14)23)11-37-6-3-17(34)32-4-5-33-16(10-32)21(36)31(2)15-7-13(22(24,25)26)8-27-19(15)33/h7-9,12,16,18H,3-6,10-11H2,1-2H3,(H,30,35)/t12-,16-,18?/m0/s1. The van der Waals surface area contributed by atoms with E-state index >= 15 is 0 Å². The van der Waals surface area contributed by atoms with E-state index in [1.54, 1.807) is 9.80 Å². The first kappa shape index (κ1) is 27.0. The number of amides is 3. The van der Waals surface area contributed by atoms with E-state index in [2.05, 4.69) is 36.4 Å². The molecule has 1 aromatic heterocycles. The van der Waals surface area contributed by atoms with Crippen molar-refractivity contribution in [2.45, 2.75) is 36.4 Å². The van der Waals surface area contributed by atoms with Gasteiger partial charge in [-0.15, -0.1) is 0 Å². The lowest BCUT2D eigenvalue weighted by atomic mass is 10.0. The van der Waals surface area contributed by atoms with E-state index in [1.165, 1.54) is 13.3 Å². The van der Waals surface area contributed by atoms with Crippen molar-refractivity contribution in [3.8, 4) is 0 Å². The first-order chi connectivity index (χ1) is 17.5. The van der Waals surface area contributed by atoms with Crippen LogP contribution in [0, 0.1) is 0 Å². The van der Waals surface area contributed by atoms with Gasteiger partial charge in [-0.05, 0) is 13.0 Å². The number of hydrogen-bond acceptors (Lipinski definition) is 8. The number of likely N-dealkylation sites (N-methyl/N-ethyl adjacent to an activating group) is 1. The molecule has 1 N–H and O–H groups in total. The number of piperazine rings is 1. The predicted molar refractivity (Wildman–Crippen MR) is 132 cm³/mol. The minimum Gasteiger partial charge on any atom is -0.379 e. The highest BCUT2D eigenvalue weighted by molar-refractivity contribution is 9.10. The molecule has 0 aromatic carbocycles. The number of aliphatic imine (C=N–C) groups is 1. The van der Waals surface area contributed by atoms with Crippen LogP contribution in [0.5, 0.6) is 0 Å². The molecule has 1 fully saturated rings. The fourth-order valence-electron chi connectivity index (χ4n) is 4.27. The second-order valence-electron chi connectivity index (χ2n) is 8.84. The van der Waals surface area contributed by atoms with Gasteiger partial charge in [-0.2, -0.15) is 18.3 Å². The summed E-state index contributed by atoms with van der Waals surface area (Å²) in [4.78, 5) is 49.5. The molecule has 4 heterocycles. The van der Waals surface area contributed by atoms with Crippen molar-refractivity contribution < 1.29 is 32.3 Å². The van der Waals surface area contributed by atoms with Gasteiger partial charge in [0.05, 0.1) is 55.4 Å². The van der Waals surface area contributed by atoms with Gasteiger partial charge in [0.2, 0.25) is 5.91 Å². The zero-order valence-corrected chi connectivity index (χ0v) is 21.6. The lowest BCUT2D eigenvalue weighted by molar-refractivity contribution is -0.138. The number of ether oxygens (including phenoxy) is 1. The second-order valence-corrected chi connectivity index (χ2v) is 9.75. The van der Waals surface area contributed by atoms with Gasteiger partial charge in [0.1, 0.15) is 10.9 Å². The number of alkyl halides is 4. The minimum atomic E-state index is -4.57. The van der Waals surface area contributed by atoms with Crippen molar-refractivity contribution in [1.82, 2.24) is 15.3 Å². The Hall–Kier alpha value is -3.07. The average Bonchev–Trinajstić information content (AvgIpc) is 2.86. The van der Waals surface area contributed by atoms with Gasteiger partial charge in [0.25, 0.3) is 11.8 Å². The number of anilines is 2. The third kappa shape index (κ3) is 5.76. The Balaban J connectivity index is 1.30. The van der Waals surface area contributed by atoms with Crippen molar-refractivity contribution >= 4 is 57.1 Å². The molecule has 11 nitrogen and oxygen atoms in total. The van der Waals surface area contributed by atoms with Crippen LogP contribution in [0.3, 0.4) is 0 Å². The second kappa shape index (κ2) is 10.7. The van der Waals surface area contributed by atoms with E-state index in [4.69, 9.17) is 4.74 Å². The van der Waals surface area contributed by atoms with Crippen LogP contribution in [0.25, 0.3) is 0 Å². The molecule has 3 atom stereocenters. The molecule has 0 saturated carbocycles. The fraction of sp³-hybridized carbons (Fsp3) is 0.545. The number of fused-ring (bicyclic) bond motifs is 3. The van der Waals surface area contributed by atoms with Crippen LogP contribution >= 0.6 is 15.9 Å². The third-order valence-electron chi connectivity index (χ3n) is 6.21. The molecule has 200 valence electrons. The summed E-state index contributed by atoms with van der Waals surface area (Å²) in [5.74, 6) is -0.623. The zero-order chi connectivity index (χ0) is 26.9. The molecule has 3 aliphatic rings. The van der Waals surface area contributed by atoms with E-state index in [0.29, 0.717) is 12.3 Å². The molecule has 1 unspecified atom stereocenters. The van der Waals surface area contributed by atoms with Crippen molar-refractivity contribution in [2.24, 2.45) is 10.1 Å². The van der Waals surface area contributed by atoms with Gasteiger partial charge in [-0.1, -0.05) is 15.9 Å². The Morgan fingerprint density at radius 2 is 2.11 bits per heavy atom. The molecule has 1 aromatic rings. The normalized spacial score (nSPS) is 23.6. The summed E-state index contributed by atoms with van der Waals surface area (Å²) in [6, 6.07) is -0.0834. The largest absolute Gasteiger partial charge is 0.417 e. The number of hydrazone groups is 1. The molecule has 3 aliphatic heterocycles. The minimum absolute atomic E-state index is 0.0910. The first-order valence-electron chi connectivity index (χ1n) is 11.5. The number of carbonyl (C=O) groups is 3. The van der Waals surface area contributed by atoms with Gasteiger partial charge in [0.15, 0.2) is 5.82 Å². The summed E-state index contributed by atoms with van der Waals surface area (Å²) in [5.41, 5.74) is 1.96. The van der Waals surface area contributed by atoms with Gasteiger partial charge in [0, 0.05) is 26.3 Å². The summed E-state index contributed by atoms with van der Waals surface area (Å²) in [6.07, 6.45) is -2.27. The molecular weight excluding hydrogens is 563 g/mol. The summed E-state index contributed by atoms with van der Waals surface area (Å²) in [5, 5.41) is 3.72. The number of hydrogen-bond donors (Lipinski definition) is 1. The van der Waals surface area contributed by atoms with Gasteiger partial charge < -0.3 is 19.4 Å². The van der Waals surface area contributed by atoms with Crippen LogP contribution in [0.2, 0.25) is 0 Å². The Labute approximate surface area is 218 Å². The van der Waals surface area contributed by atoms with E-state index in [1.807, 2.05) is 6.92 Å². The van der Waals surface area contributed by atoms with Crippen LogP contribution in [0.1, 0.15) is 18.9 Å². The van der Waals surface area contributed by atoms with E-state index in [0.717, 1.165) is 17.2 Å². The highest BCUT2D eigenvalue weighted by Crippen LogP contribution is 2.39. The molecule has 15 heteroatoms. The maximum Gasteiger partial charge on any atom is 0.417 e. The first-order valence-corrected chi connectivity index (χ1v) is 12.4. The average molecular weight is 588 g/mol. The van der Waals surface area contributed by atoms with Crippen LogP contribution in [0.15, 0.2) is 22.4 Å². The Morgan fingerprint density at radius 3 is 2.84 bits per heavy atom. The summed E-state index contributed by atoms with van der Waals surface area (Å²) in [6.45, 7) is 2.84. The molecule has 3 amide bonds. The topological polar surface area (TPSA) is 120 Å². The maximum atomic E-state index is 13.1. The van der Waals surface area contributed by atoms with Crippen molar-refractivity contribution in [3.63, 3.8) is 0 Å². The van der Waals surface area contributed by atoms with Crippen molar-refractivity contribution in [2.75, 3.05) is 49.7 Å². The lowest BCUT2D eigenvalue weighted by Gasteiger charge is -2.46. The Kier molecular flexibility index (Phi) is 7.83. The smallest absolute Gasteiger partial charge is 0.379 e. The van der Waals surface area contributed by atoms with E-state index in [-0.39, 0.29) is 62.1 Å². The van der Waals surface area contributed by atoms with Crippen molar-refractivity contribution in [1.29, 1.82) is 0 Å². The molecule has 4 rings (SSSR count). The molecule has 0 radical (unpaired) electrons. The number of rotatable bonds is 6.